The highest BCUT2D eigenvalue weighted by Gasteiger charge is 2.21. The standard InChI is InChI=1S/C36H33F2N7O4S/c1-22-41-26(21-50-22)19-44-20-29(35(47)45(36(44)48)27-9-6-24(37)7-10-27)34(46)42-25-8-11-32(30(38)18-25)49-31-12-15-40-33(39)28(31)5-3-4-23-13-16-43(2)17-14-23/h6-12,15,18,20-21,23H,4,13-14,16-17,19H2,1-2H3,(H2,39,40)(H,42,46). The van der Waals surface area contributed by atoms with Crippen LogP contribution in [0.1, 0.15) is 45.9 Å². The number of hydrogen-bond acceptors (Lipinski definition) is 9. The molecule has 6 rings (SSSR count). The predicted octanol–water partition coefficient (Wildman–Crippen LogP) is 5.20. The molecule has 50 heavy (non-hydrogen) atoms. The number of carbonyl (C=O) groups is 1. The van der Waals surface area contributed by atoms with E-state index in [0.29, 0.717) is 23.6 Å². The number of pyridine rings is 1. The summed E-state index contributed by atoms with van der Waals surface area (Å²) in [5.74, 6) is 4.66. The zero-order valence-corrected chi connectivity index (χ0v) is 28.1. The summed E-state index contributed by atoms with van der Waals surface area (Å²) in [4.78, 5) is 51.2. The van der Waals surface area contributed by atoms with Crippen molar-refractivity contribution in [1.29, 1.82) is 0 Å². The van der Waals surface area contributed by atoms with Crippen molar-refractivity contribution in [2.24, 2.45) is 5.92 Å². The van der Waals surface area contributed by atoms with Crippen LogP contribution in [0.4, 0.5) is 20.3 Å². The average Bonchev–Trinajstić information content (AvgIpc) is 3.50. The number of carbonyl (C=O) groups excluding carboxylic acids is 1. The number of aryl methyl sites for hydroxylation is 1. The molecular weight excluding hydrogens is 665 g/mol. The van der Waals surface area contributed by atoms with Gasteiger partial charge < -0.3 is 20.7 Å². The molecule has 11 nitrogen and oxygen atoms in total. The minimum absolute atomic E-state index is 0.0212. The van der Waals surface area contributed by atoms with Gasteiger partial charge in [-0.1, -0.05) is 11.8 Å². The highest BCUT2D eigenvalue weighted by atomic mass is 32.1. The van der Waals surface area contributed by atoms with Crippen molar-refractivity contribution in [2.75, 3.05) is 31.2 Å². The molecule has 0 atom stereocenters. The van der Waals surface area contributed by atoms with Gasteiger partial charge in [0.25, 0.3) is 11.5 Å². The number of rotatable bonds is 8. The normalized spacial score (nSPS) is 13.4. The third-order valence-corrected chi connectivity index (χ3v) is 9.10. The van der Waals surface area contributed by atoms with E-state index >= 15 is 4.39 Å². The Morgan fingerprint density at radius 1 is 1.10 bits per heavy atom. The molecule has 14 heteroatoms. The summed E-state index contributed by atoms with van der Waals surface area (Å²) in [5, 5.41) is 5.05. The van der Waals surface area contributed by atoms with Gasteiger partial charge in [0.05, 0.1) is 22.9 Å². The van der Waals surface area contributed by atoms with Gasteiger partial charge in [-0.05, 0) is 82.2 Å². The van der Waals surface area contributed by atoms with Crippen LogP contribution < -0.4 is 27.0 Å². The van der Waals surface area contributed by atoms with E-state index in [1.807, 2.05) is 6.92 Å². The first-order valence-electron chi connectivity index (χ1n) is 15.8. The van der Waals surface area contributed by atoms with Crippen LogP contribution in [0.5, 0.6) is 11.5 Å². The molecule has 0 saturated carbocycles. The SMILES string of the molecule is Cc1nc(Cn2cc(C(=O)Nc3ccc(Oc4ccnc(N)c4C#CCC4CCN(C)CC4)c(F)c3)c(=O)n(-c3ccc(F)cc3)c2=O)cs1. The summed E-state index contributed by atoms with van der Waals surface area (Å²) >= 11 is 1.38. The van der Waals surface area contributed by atoms with Crippen LogP contribution >= 0.6 is 11.3 Å². The molecule has 0 bridgehead atoms. The number of nitrogens with two attached hydrogens (primary N) is 1. The molecule has 1 amide bonds. The van der Waals surface area contributed by atoms with Crippen molar-refractivity contribution >= 4 is 28.7 Å². The topological polar surface area (TPSA) is 137 Å². The molecule has 1 aliphatic rings. The summed E-state index contributed by atoms with van der Waals surface area (Å²) in [6, 6.07) is 10.0. The monoisotopic (exact) mass is 697 g/mol. The van der Waals surface area contributed by atoms with E-state index in [1.165, 1.54) is 46.4 Å². The predicted molar refractivity (Wildman–Crippen MR) is 187 cm³/mol. The quantitative estimate of drug-likeness (QED) is 0.211. The number of nitrogens with one attached hydrogen (secondary N) is 1. The van der Waals surface area contributed by atoms with Gasteiger partial charge in [-0.25, -0.2) is 28.1 Å². The maximum Gasteiger partial charge on any atom is 0.336 e. The maximum absolute atomic E-state index is 15.4. The molecule has 1 fully saturated rings. The molecule has 1 saturated heterocycles. The van der Waals surface area contributed by atoms with Gasteiger partial charge in [0.15, 0.2) is 11.6 Å². The molecule has 1 aliphatic heterocycles. The van der Waals surface area contributed by atoms with E-state index in [0.717, 1.165) is 59.9 Å². The van der Waals surface area contributed by atoms with E-state index in [1.54, 1.807) is 11.4 Å². The first kappa shape index (κ1) is 34.2. The molecule has 0 unspecified atom stereocenters. The molecule has 3 aromatic heterocycles. The highest BCUT2D eigenvalue weighted by molar-refractivity contribution is 7.09. The fraction of sp³-hybridized carbons (Fsp3) is 0.250. The Hall–Kier alpha value is -5.65. The molecule has 0 radical (unpaired) electrons. The number of halogens is 2. The smallest absolute Gasteiger partial charge is 0.336 e. The lowest BCUT2D eigenvalue weighted by Gasteiger charge is -2.27. The van der Waals surface area contributed by atoms with Crippen LogP contribution in [0.3, 0.4) is 0 Å². The zero-order chi connectivity index (χ0) is 35.4. The van der Waals surface area contributed by atoms with E-state index in [9.17, 15) is 18.8 Å². The Kier molecular flexibility index (Phi) is 10.2. The van der Waals surface area contributed by atoms with Crippen LogP contribution in [-0.4, -0.2) is 50.0 Å². The summed E-state index contributed by atoms with van der Waals surface area (Å²) in [6.07, 6.45) is 5.39. The number of aromatic nitrogens is 4. The Labute approximate surface area is 290 Å². The van der Waals surface area contributed by atoms with Gasteiger partial charge in [-0.2, -0.15) is 0 Å². The van der Waals surface area contributed by atoms with Gasteiger partial charge in [-0.3, -0.25) is 14.2 Å². The number of amides is 1. The second-order valence-electron chi connectivity index (χ2n) is 12.0. The second kappa shape index (κ2) is 14.9. The number of thiazole rings is 1. The van der Waals surface area contributed by atoms with Crippen molar-refractivity contribution in [3.8, 4) is 29.0 Å². The van der Waals surface area contributed by atoms with E-state index in [-0.39, 0.29) is 35.2 Å². The maximum atomic E-state index is 15.4. The van der Waals surface area contributed by atoms with Gasteiger partial charge in [0, 0.05) is 42.0 Å². The van der Waals surface area contributed by atoms with Gasteiger partial charge >= 0.3 is 5.69 Å². The number of nitrogens with zero attached hydrogens (tertiary/aromatic N) is 5. The first-order chi connectivity index (χ1) is 24.0. The van der Waals surface area contributed by atoms with Crippen molar-refractivity contribution < 1.29 is 18.3 Å². The first-order valence-corrected chi connectivity index (χ1v) is 16.7. The van der Waals surface area contributed by atoms with Gasteiger partial charge in [-0.15, -0.1) is 11.3 Å². The summed E-state index contributed by atoms with van der Waals surface area (Å²) in [6.45, 7) is 3.83. The Morgan fingerprint density at radius 2 is 1.86 bits per heavy atom. The third kappa shape index (κ3) is 7.80. The Morgan fingerprint density at radius 3 is 2.56 bits per heavy atom. The van der Waals surface area contributed by atoms with E-state index in [4.69, 9.17) is 10.5 Å². The lowest BCUT2D eigenvalue weighted by Crippen LogP contribution is -2.42. The molecule has 0 spiro atoms. The Bertz CT molecular complexity index is 2230. The van der Waals surface area contributed by atoms with Crippen LogP contribution in [0, 0.1) is 36.3 Å². The molecule has 4 heterocycles. The number of benzene rings is 2. The lowest BCUT2D eigenvalue weighted by atomic mass is 9.94. The molecule has 5 aromatic rings. The number of likely N-dealkylation sites (tertiary alicyclic amines) is 1. The van der Waals surface area contributed by atoms with Crippen molar-refractivity contribution in [3.63, 3.8) is 0 Å². The minimum atomic E-state index is -0.940. The van der Waals surface area contributed by atoms with Gasteiger partial charge in [0.2, 0.25) is 0 Å². The van der Waals surface area contributed by atoms with Crippen LogP contribution in [0.25, 0.3) is 5.69 Å². The summed E-state index contributed by atoms with van der Waals surface area (Å²) in [7, 11) is 2.10. The fourth-order valence-corrected chi connectivity index (χ4v) is 6.15. The average molecular weight is 698 g/mol. The van der Waals surface area contributed by atoms with Crippen LogP contribution in [-0.2, 0) is 6.54 Å². The molecule has 256 valence electrons. The largest absolute Gasteiger partial charge is 0.453 e. The summed E-state index contributed by atoms with van der Waals surface area (Å²) in [5.41, 5.74) is 4.99. The number of piperidine rings is 1. The number of anilines is 2. The molecular formula is C36H33F2N7O4S. The lowest BCUT2D eigenvalue weighted by molar-refractivity contribution is 0.102. The van der Waals surface area contributed by atoms with Gasteiger partial charge in [0.1, 0.15) is 28.5 Å². The minimum Gasteiger partial charge on any atom is -0.453 e. The summed E-state index contributed by atoms with van der Waals surface area (Å²) < 4.78 is 36.9. The van der Waals surface area contributed by atoms with Crippen molar-refractivity contribution in [1.82, 2.24) is 24.0 Å². The van der Waals surface area contributed by atoms with Crippen LogP contribution in [0.2, 0.25) is 0 Å². The number of ether oxygens (including phenoxy) is 1. The molecule has 2 aromatic carbocycles. The third-order valence-electron chi connectivity index (χ3n) is 8.28. The van der Waals surface area contributed by atoms with Crippen molar-refractivity contribution in [3.05, 3.63) is 121 Å². The van der Waals surface area contributed by atoms with Crippen molar-refractivity contribution in [2.45, 2.75) is 32.7 Å². The van der Waals surface area contributed by atoms with Crippen LogP contribution in [0.15, 0.2) is 75.9 Å². The second-order valence-corrected chi connectivity index (χ2v) is 13.0. The Balaban J connectivity index is 1.24. The number of nitrogen functional groups attached to an aromatic ring is 1. The molecule has 0 aliphatic carbocycles. The zero-order valence-electron chi connectivity index (χ0n) is 27.3. The fourth-order valence-electron chi connectivity index (χ4n) is 5.54. The molecule has 3 N–H and O–H groups in total. The van der Waals surface area contributed by atoms with E-state index in [2.05, 4.69) is 39.1 Å². The highest BCUT2D eigenvalue weighted by Crippen LogP contribution is 2.31. The number of hydrogen-bond donors (Lipinski definition) is 2. The van der Waals surface area contributed by atoms with E-state index < -0.39 is 34.4 Å².